The first-order chi connectivity index (χ1) is 12.7. The Balaban J connectivity index is 1.66. The zero-order valence-electron chi connectivity index (χ0n) is 13.9. The second-order valence-electron chi connectivity index (χ2n) is 5.82. The zero-order chi connectivity index (χ0) is 17.9. The first-order valence-electron chi connectivity index (χ1n) is 8.24. The molecule has 2 aromatic carbocycles. The van der Waals surface area contributed by atoms with Gasteiger partial charge in [-0.1, -0.05) is 41.9 Å². The summed E-state index contributed by atoms with van der Waals surface area (Å²) in [6.07, 6.45) is 0. The van der Waals surface area contributed by atoms with Crippen molar-refractivity contribution in [2.45, 2.75) is 0 Å². The van der Waals surface area contributed by atoms with Gasteiger partial charge in [-0.15, -0.1) is 0 Å². The molecule has 26 heavy (non-hydrogen) atoms. The average Bonchev–Trinajstić information content (AvgIpc) is 2.68. The van der Waals surface area contributed by atoms with E-state index in [1.54, 1.807) is 4.90 Å². The zero-order valence-corrected chi connectivity index (χ0v) is 14.6. The average molecular weight is 366 g/mol. The molecule has 6 heteroatoms. The third kappa shape index (κ3) is 3.34. The van der Waals surface area contributed by atoms with E-state index in [1.165, 1.54) is 0 Å². The number of hydrogen-bond acceptors (Lipinski definition) is 3. The predicted octanol–water partition coefficient (Wildman–Crippen LogP) is 4.83. The maximum Gasteiger partial charge on any atom is 0.327 e. The van der Waals surface area contributed by atoms with Gasteiger partial charge in [0.25, 0.3) is 0 Å². The van der Waals surface area contributed by atoms with Crippen molar-refractivity contribution in [1.29, 1.82) is 0 Å². The van der Waals surface area contributed by atoms with Crippen molar-refractivity contribution in [3.8, 4) is 17.0 Å². The van der Waals surface area contributed by atoms with E-state index in [4.69, 9.17) is 16.3 Å². The molecule has 0 unspecified atom stereocenters. The number of hydrogen-bond donors (Lipinski definition) is 1. The van der Waals surface area contributed by atoms with E-state index >= 15 is 0 Å². The summed E-state index contributed by atoms with van der Waals surface area (Å²) in [5, 5.41) is 3.53. The molecule has 2 heterocycles. The predicted molar refractivity (Wildman–Crippen MR) is 103 cm³/mol. The Morgan fingerprint density at radius 3 is 2.73 bits per heavy atom. The number of carbonyl (C=O) groups excluding carboxylic acids is 1. The molecule has 1 aliphatic heterocycles. The van der Waals surface area contributed by atoms with Crippen LogP contribution in [0, 0.1) is 0 Å². The molecule has 0 spiro atoms. The number of halogens is 1. The van der Waals surface area contributed by atoms with E-state index in [0.29, 0.717) is 29.7 Å². The van der Waals surface area contributed by atoms with E-state index in [0.717, 1.165) is 16.9 Å². The molecular weight excluding hydrogens is 350 g/mol. The Morgan fingerprint density at radius 1 is 1.08 bits per heavy atom. The molecule has 0 saturated carbocycles. The van der Waals surface area contributed by atoms with Gasteiger partial charge in [-0.25, -0.2) is 9.78 Å². The third-order valence-electron chi connectivity index (χ3n) is 4.06. The second-order valence-corrected chi connectivity index (χ2v) is 6.26. The molecule has 3 aromatic rings. The fourth-order valence-corrected chi connectivity index (χ4v) is 3.00. The Morgan fingerprint density at radius 2 is 1.92 bits per heavy atom. The molecule has 5 nitrogen and oxygen atoms in total. The highest BCUT2D eigenvalue weighted by Crippen LogP contribution is 2.33. The lowest BCUT2D eigenvalue weighted by Crippen LogP contribution is -2.41. The summed E-state index contributed by atoms with van der Waals surface area (Å²) in [6, 6.07) is 20.2. The minimum Gasteiger partial charge on any atom is -0.488 e. The maximum absolute atomic E-state index is 12.7. The van der Waals surface area contributed by atoms with Crippen LogP contribution in [0.3, 0.4) is 0 Å². The van der Waals surface area contributed by atoms with E-state index < -0.39 is 0 Å². The molecule has 1 aliphatic rings. The number of pyridine rings is 1. The number of fused-ring (bicyclic) bond motifs is 1. The Bertz CT molecular complexity index is 947. The van der Waals surface area contributed by atoms with Crippen molar-refractivity contribution in [2.24, 2.45) is 0 Å². The SMILES string of the molecule is O=C(Nc1ccccc1)N1CCOc2ccc(-c3cccc(Cl)c3)nc21. The van der Waals surface area contributed by atoms with Crippen molar-refractivity contribution in [3.63, 3.8) is 0 Å². The van der Waals surface area contributed by atoms with Crippen LogP contribution in [-0.2, 0) is 0 Å². The summed E-state index contributed by atoms with van der Waals surface area (Å²) in [5.41, 5.74) is 2.35. The minimum atomic E-state index is -0.239. The number of ether oxygens (including phenoxy) is 1. The highest BCUT2D eigenvalue weighted by molar-refractivity contribution is 6.30. The highest BCUT2D eigenvalue weighted by Gasteiger charge is 2.26. The van der Waals surface area contributed by atoms with Crippen molar-refractivity contribution in [1.82, 2.24) is 4.98 Å². The normalized spacial score (nSPS) is 12.9. The van der Waals surface area contributed by atoms with Gasteiger partial charge >= 0.3 is 6.03 Å². The van der Waals surface area contributed by atoms with Gasteiger partial charge in [0.05, 0.1) is 12.2 Å². The molecule has 2 amide bonds. The summed E-state index contributed by atoms with van der Waals surface area (Å²) >= 11 is 6.08. The van der Waals surface area contributed by atoms with Crippen molar-refractivity contribution in [2.75, 3.05) is 23.4 Å². The van der Waals surface area contributed by atoms with E-state index in [1.807, 2.05) is 66.7 Å². The Hall–Kier alpha value is -3.05. The molecule has 130 valence electrons. The van der Waals surface area contributed by atoms with E-state index in [2.05, 4.69) is 10.3 Å². The molecular formula is C20H16ClN3O2. The standard InChI is InChI=1S/C20H16ClN3O2/c21-15-6-4-5-14(13-15)17-9-10-18-19(23-17)24(11-12-26-18)20(25)22-16-7-2-1-3-8-16/h1-10,13H,11-12H2,(H,22,25). The molecule has 0 saturated heterocycles. The van der Waals surface area contributed by atoms with Crippen LogP contribution in [0.15, 0.2) is 66.7 Å². The lowest BCUT2D eigenvalue weighted by atomic mass is 10.1. The van der Waals surface area contributed by atoms with Gasteiger partial charge in [-0.3, -0.25) is 4.90 Å². The molecule has 1 aromatic heterocycles. The number of nitrogens with one attached hydrogen (secondary N) is 1. The third-order valence-corrected chi connectivity index (χ3v) is 4.29. The Kier molecular flexibility index (Phi) is 4.46. The molecule has 1 N–H and O–H groups in total. The summed E-state index contributed by atoms with van der Waals surface area (Å²) < 4.78 is 5.66. The fraction of sp³-hybridized carbons (Fsp3) is 0.100. The van der Waals surface area contributed by atoms with Crippen LogP contribution in [0.5, 0.6) is 5.75 Å². The highest BCUT2D eigenvalue weighted by atomic mass is 35.5. The van der Waals surface area contributed by atoms with Crippen LogP contribution in [0.25, 0.3) is 11.3 Å². The van der Waals surface area contributed by atoms with Gasteiger partial charge < -0.3 is 10.1 Å². The summed E-state index contributed by atoms with van der Waals surface area (Å²) in [7, 11) is 0. The number of para-hydroxylation sites is 1. The van der Waals surface area contributed by atoms with Crippen molar-refractivity contribution >= 4 is 29.1 Å². The quantitative estimate of drug-likeness (QED) is 0.707. The number of aromatic nitrogens is 1. The van der Waals surface area contributed by atoms with Crippen LogP contribution in [0.4, 0.5) is 16.3 Å². The molecule has 0 atom stereocenters. The largest absolute Gasteiger partial charge is 0.488 e. The topological polar surface area (TPSA) is 54.5 Å². The van der Waals surface area contributed by atoms with Gasteiger partial charge in [0.1, 0.15) is 6.61 Å². The number of rotatable bonds is 2. The number of amides is 2. The summed E-state index contributed by atoms with van der Waals surface area (Å²) in [4.78, 5) is 19.0. The van der Waals surface area contributed by atoms with Gasteiger partial charge in [0.15, 0.2) is 11.6 Å². The van der Waals surface area contributed by atoms with Gasteiger partial charge in [-0.05, 0) is 36.4 Å². The first kappa shape index (κ1) is 16.4. The number of carbonyl (C=O) groups is 1. The molecule has 0 bridgehead atoms. The Labute approximate surface area is 156 Å². The molecule has 0 fully saturated rings. The van der Waals surface area contributed by atoms with Crippen LogP contribution in [0.2, 0.25) is 5.02 Å². The van der Waals surface area contributed by atoms with Crippen molar-refractivity contribution in [3.05, 3.63) is 71.8 Å². The number of urea groups is 1. The minimum absolute atomic E-state index is 0.239. The van der Waals surface area contributed by atoms with Gasteiger partial charge in [-0.2, -0.15) is 0 Å². The number of nitrogens with zero attached hydrogens (tertiary/aromatic N) is 2. The van der Waals surface area contributed by atoms with Crippen LogP contribution in [-0.4, -0.2) is 24.2 Å². The maximum atomic E-state index is 12.7. The van der Waals surface area contributed by atoms with E-state index in [-0.39, 0.29) is 6.03 Å². The van der Waals surface area contributed by atoms with Crippen LogP contribution in [0.1, 0.15) is 0 Å². The number of benzene rings is 2. The first-order valence-corrected chi connectivity index (χ1v) is 8.62. The number of anilines is 2. The molecule has 0 radical (unpaired) electrons. The van der Waals surface area contributed by atoms with Gasteiger partial charge in [0, 0.05) is 16.3 Å². The smallest absolute Gasteiger partial charge is 0.327 e. The van der Waals surface area contributed by atoms with E-state index in [9.17, 15) is 4.79 Å². The fourth-order valence-electron chi connectivity index (χ4n) is 2.81. The summed E-state index contributed by atoms with van der Waals surface area (Å²) in [5.74, 6) is 1.09. The van der Waals surface area contributed by atoms with Crippen LogP contribution < -0.4 is 15.0 Å². The van der Waals surface area contributed by atoms with Gasteiger partial charge in [0.2, 0.25) is 0 Å². The molecule has 0 aliphatic carbocycles. The van der Waals surface area contributed by atoms with Crippen molar-refractivity contribution < 1.29 is 9.53 Å². The lowest BCUT2D eigenvalue weighted by molar-refractivity contribution is 0.249. The lowest BCUT2D eigenvalue weighted by Gasteiger charge is -2.28. The summed E-state index contributed by atoms with van der Waals surface area (Å²) in [6.45, 7) is 0.852. The van der Waals surface area contributed by atoms with Crippen LogP contribution >= 0.6 is 11.6 Å². The second kappa shape index (κ2) is 7.06. The monoisotopic (exact) mass is 365 g/mol. The molecule has 4 rings (SSSR count).